The first kappa shape index (κ1) is 17.5. The lowest BCUT2D eigenvalue weighted by molar-refractivity contribution is 0.105. The van der Waals surface area contributed by atoms with Gasteiger partial charge in [-0.15, -0.1) is 0 Å². The first-order valence-electron chi connectivity index (χ1n) is 8.27. The van der Waals surface area contributed by atoms with Crippen molar-refractivity contribution in [2.75, 3.05) is 13.2 Å². The predicted molar refractivity (Wildman–Crippen MR) is 83.5 cm³/mol. The Hall–Kier alpha value is -0.590. The maximum atomic E-state index is 9.58. The molecule has 0 aromatic carbocycles. The second kappa shape index (κ2) is 8.64. The molecule has 0 radical (unpaired) electrons. The molecular weight excluding hydrogens is 248 g/mol. The Morgan fingerprint density at radius 1 is 1.30 bits per heavy atom. The fourth-order valence-corrected chi connectivity index (χ4v) is 3.27. The van der Waals surface area contributed by atoms with Crippen LogP contribution in [-0.4, -0.2) is 24.8 Å². The van der Waals surface area contributed by atoms with Gasteiger partial charge in [0.25, 0.3) is 0 Å². The van der Waals surface area contributed by atoms with Crippen molar-refractivity contribution in [1.29, 1.82) is 5.26 Å². The number of nitriles is 1. The topological polar surface area (TPSA) is 45.0 Å². The van der Waals surface area contributed by atoms with Crippen LogP contribution in [0.1, 0.15) is 66.2 Å². The molecule has 0 amide bonds. The van der Waals surface area contributed by atoms with Gasteiger partial charge in [0.2, 0.25) is 0 Å². The molecule has 2 unspecified atom stereocenters. The summed E-state index contributed by atoms with van der Waals surface area (Å²) in [5.74, 6) is 1.20. The third-order valence-electron chi connectivity index (χ3n) is 4.25. The smallest absolute Gasteiger partial charge is 0.109 e. The van der Waals surface area contributed by atoms with Crippen LogP contribution in [0, 0.1) is 23.2 Å². The normalized spacial score (nSPS) is 26.4. The van der Waals surface area contributed by atoms with Gasteiger partial charge >= 0.3 is 0 Å². The van der Waals surface area contributed by atoms with Crippen LogP contribution in [0.5, 0.6) is 0 Å². The molecule has 0 spiro atoms. The predicted octanol–water partition coefficient (Wildman–Crippen LogP) is 3.89. The van der Waals surface area contributed by atoms with Gasteiger partial charge in [-0.3, -0.25) is 5.32 Å². The molecule has 0 saturated heterocycles. The Bertz CT molecular complexity index is 309. The second-order valence-corrected chi connectivity index (χ2v) is 6.91. The van der Waals surface area contributed by atoms with E-state index in [-0.39, 0.29) is 5.54 Å². The molecule has 2 atom stereocenters. The summed E-state index contributed by atoms with van der Waals surface area (Å²) in [5.41, 5.74) is -0.310. The molecule has 0 bridgehead atoms. The van der Waals surface area contributed by atoms with Crippen LogP contribution in [0.3, 0.4) is 0 Å². The Kier molecular flexibility index (Phi) is 7.55. The van der Waals surface area contributed by atoms with Gasteiger partial charge < -0.3 is 4.74 Å². The van der Waals surface area contributed by atoms with Crippen LogP contribution >= 0.6 is 0 Å². The third kappa shape index (κ3) is 5.42. The van der Waals surface area contributed by atoms with Crippen molar-refractivity contribution in [3.05, 3.63) is 0 Å². The standard InChI is InChI=1S/C17H32N2O/c1-14(2)7-6-11-20-12-9-16-8-5-10-17(16,13-18)19-15(3)4/h14-16,19H,5-12H2,1-4H3. The Morgan fingerprint density at radius 2 is 2.05 bits per heavy atom. The molecule has 1 aliphatic carbocycles. The van der Waals surface area contributed by atoms with Gasteiger partial charge in [-0.1, -0.05) is 20.3 Å². The summed E-state index contributed by atoms with van der Waals surface area (Å²) in [6.45, 7) is 10.4. The van der Waals surface area contributed by atoms with E-state index < -0.39 is 0 Å². The fourth-order valence-electron chi connectivity index (χ4n) is 3.27. The molecule has 0 aromatic heterocycles. The van der Waals surface area contributed by atoms with Crippen molar-refractivity contribution in [2.45, 2.75) is 77.8 Å². The van der Waals surface area contributed by atoms with E-state index in [0.29, 0.717) is 12.0 Å². The lowest BCUT2D eigenvalue weighted by Crippen LogP contribution is -2.50. The molecule has 1 aliphatic rings. The lowest BCUT2D eigenvalue weighted by atomic mass is 9.85. The van der Waals surface area contributed by atoms with Crippen LogP contribution in [0.4, 0.5) is 0 Å². The van der Waals surface area contributed by atoms with E-state index in [1.54, 1.807) is 0 Å². The van der Waals surface area contributed by atoms with Crippen molar-refractivity contribution >= 4 is 0 Å². The minimum Gasteiger partial charge on any atom is -0.381 e. The monoisotopic (exact) mass is 280 g/mol. The molecule has 1 saturated carbocycles. The average molecular weight is 280 g/mol. The van der Waals surface area contributed by atoms with Crippen molar-refractivity contribution in [1.82, 2.24) is 5.32 Å². The highest BCUT2D eigenvalue weighted by atomic mass is 16.5. The van der Waals surface area contributed by atoms with Gasteiger partial charge in [-0.2, -0.15) is 5.26 Å². The molecule has 3 nitrogen and oxygen atoms in total. The zero-order valence-corrected chi connectivity index (χ0v) is 13.7. The molecule has 1 rings (SSSR count). The van der Waals surface area contributed by atoms with E-state index in [2.05, 4.69) is 39.1 Å². The molecule has 3 heteroatoms. The number of hydrogen-bond acceptors (Lipinski definition) is 3. The molecule has 1 N–H and O–H groups in total. The van der Waals surface area contributed by atoms with Crippen molar-refractivity contribution < 1.29 is 4.74 Å². The maximum absolute atomic E-state index is 9.58. The fraction of sp³-hybridized carbons (Fsp3) is 0.941. The first-order valence-corrected chi connectivity index (χ1v) is 8.27. The van der Waals surface area contributed by atoms with Crippen LogP contribution in [0.2, 0.25) is 0 Å². The molecule has 0 aliphatic heterocycles. The Balaban J connectivity index is 2.29. The first-order chi connectivity index (χ1) is 9.50. The van der Waals surface area contributed by atoms with Crippen molar-refractivity contribution in [2.24, 2.45) is 11.8 Å². The number of nitrogens with zero attached hydrogens (tertiary/aromatic N) is 1. The average Bonchev–Trinajstić information content (AvgIpc) is 2.76. The maximum Gasteiger partial charge on any atom is 0.109 e. The van der Waals surface area contributed by atoms with Crippen molar-refractivity contribution in [3.63, 3.8) is 0 Å². The highest BCUT2D eigenvalue weighted by molar-refractivity contribution is 5.14. The second-order valence-electron chi connectivity index (χ2n) is 6.91. The van der Waals surface area contributed by atoms with E-state index in [0.717, 1.165) is 51.2 Å². The zero-order chi connectivity index (χ0) is 15.0. The summed E-state index contributed by atoms with van der Waals surface area (Å²) in [5, 5.41) is 13.1. The molecule has 116 valence electrons. The van der Waals surface area contributed by atoms with Gasteiger partial charge in [0.05, 0.1) is 6.07 Å². The van der Waals surface area contributed by atoms with Crippen LogP contribution in [0.15, 0.2) is 0 Å². The van der Waals surface area contributed by atoms with Gasteiger partial charge in [0.15, 0.2) is 0 Å². The Morgan fingerprint density at radius 3 is 2.65 bits per heavy atom. The summed E-state index contributed by atoms with van der Waals surface area (Å²) in [6.07, 6.45) is 6.69. The highest BCUT2D eigenvalue weighted by Gasteiger charge is 2.42. The van der Waals surface area contributed by atoms with Crippen LogP contribution in [0.25, 0.3) is 0 Å². The SMILES string of the molecule is CC(C)CCCOCCC1CCCC1(C#N)NC(C)C. The minimum atomic E-state index is -0.310. The molecule has 1 fully saturated rings. The zero-order valence-electron chi connectivity index (χ0n) is 13.7. The quantitative estimate of drug-likeness (QED) is 0.652. The number of nitrogens with one attached hydrogen (secondary N) is 1. The summed E-state index contributed by atoms with van der Waals surface area (Å²) < 4.78 is 5.75. The van der Waals surface area contributed by atoms with Crippen molar-refractivity contribution in [3.8, 4) is 6.07 Å². The number of rotatable bonds is 9. The summed E-state index contributed by atoms with van der Waals surface area (Å²) >= 11 is 0. The Labute approximate surface area is 125 Å². The number of ether oxygens (including phenoxy) is 1. The summed E-state index contributed by atoms with van der Waals surface area (Å²) in [4.78, 5) is 0. The third-order valence-corrected chi connectivity index (χ3v) is 4.25. The van der Waals surface area contributed by atoms with Gasteiger partial charge in [0.1, 0.15) is 5.54 Å². The summed E-state index contributed by atoms with van der Waals surface area (Å²) in [6, 6.07) is 2.92. The van der Waals surface area contributed by atoms with Gasteiger partial charge in [-0.25, -0.2) is 0 Å². The largest absolute Gasteiger partial charge is 0.381 e. The van der Waals surface area contributed by atoms with Crippen LogP contribution in [-0.2, 0) is 4.74 Å². The number of hydrogen-bond donors (Lipinski definition) is 1. The lowest BCUT2D eigenvalue weighted by Gasteiger charge is -2.32. The van der Waals surface area contributed by atoms with E-state index >= 15 is 0 Å². The van der Waals surface area contributed by atoms with E-state index in [1.165, 1.54) is 6.42 Å². The van der Waals surface area contributed by atoms with E-state index in [4.69, 9.17) is 4.74 Å². The van der Waals surface area contributed by atoms with Gasteiger partial charge in [-0.05, 0) is 57.8 Å². The minimum absolute atomic E-state index is 0.310. The highest BCUT2D eigenvalue weighted by Crippen LogP contribution is 2.37. The molecular formula is C17H32N2O. The molecule has 20 heavy (non-hydrogen) atoms. The van der Waals surface area contributed by atoms with E-state index in [9.17, 15) is 5.26 Å². The molecule has 0 aromatic rings. The van der Waals surface area contributed by atoms with E-state index in [1.807, 2.05) is 0 Å². The van der Waals surface area contributed by atoms with Crippen LogP contribution < -0.4 is 5.32 Å². The summed E-state index contributed by atoms with van der Waals surface area (Å²) in [7, 11) is 0. The van der Waals surface area contributed by atoms with Gasteiger partial charge in [0, 0.05) is 19.3 Å². The molecule has 0 heterocycles.